The molecule has 0 saturated heterocycles. The Labute approximate surface area is 283 Å². The zero-order chi connectivity index (χ0) is 32.3. The van der Waals surface area contributed by atoms with E-state index in [1.165, 1.54) is 32.3 Å². The topological polar surface area (TPSA) is 30.7 Å². The molecule has 0 N–H and O–H groups in total. The monoisotopic (exact) mass is 623 g/mol. The maximum absolute atomic E-state index is 5.36. The minimum atomic E-state index is 0.699. The molecule has 0 bridgehead atoms. The van der Waals surface area contributed by atoms with Crippen LogP contribution in [0.5, 0.6) is 0 Å². The summed E-state index contributed by atoms with van der Waals surface area (Å²) in [5.41, 5.74) is 8.34. The predicted octanol–water partition coefficient (Wildman–Crippen LogP) is 12.0. The van der Waals surface area contributed by atoms with Crippen LogP contribution in [-0.4, -0.2) is 14.5 Å². The number of hydrogen-bond acceptors (Lipinski definition) is 2. The molecule has 10 rings (SSSR count). The molecule has 49 heavy (non-hydrogen) atoms. The van der Waals surface area contributed by atoms with Crippen LogP contribution in [-0.2, 0) is 0 Å². The first-order valence-corrected chi connectivity index (χ1v) is 16.7. The van der Waals surface area contributed by atoms with Crippen molar-refractivity contribution < 1.29 is 0 Å². The van der Waals surface area contributed by atoms with Crippen LogP contribution < -0.4 is 0 Å². The van der Waals surface area contributed by atoms with Gasteiger partial charge in [-0.2, -0.15) is 0 Å². The molecule has 2 heterocycles. The van der Waals surface area contributed by atoms with E-state index in [1.54, 1.807) is 0 Å². The van der Waals surface area contributed by atoms with Crippen molar-refractivity contribution in [3.8, 4) is 39.5 Å². The van der Waals surface area contributed by atoms with Gasteiger partial charge in [0.05, 0.1) is 16.6 Å². The largest absolute Gasteiger partial charge is 0.294 e. The Morgan fingerprint density at radius 3 is 1.59 bits per heavy atom. The highest BCUT2D eigenvalue weighted by Gasteiger charge is 2.21. The minimum absolute atomic E-state index is 0.699. The lowest BCUT2D eigenvalue weighted by Crippen LogP contribution is -1.99. The Bertz CT molecular complexity index is 2830. The van der Waals surface area contributed by atoms with Crippen LogP contribution in [0.3, 0.4) is 0 Å². The molecule has 8 aromatic carbocycles. The van der Waals surface area contributed by atoms with Gasteiger partial charge in [-0.1, -0.05) is 146 Å². The van der Waals surface area contributed by atoms with Gasteiger partial charge in [0.25, 0.3) is 0 Å². The summed E-state index contributed by atoms with van der Waals surface area (Å²) in [6.45, 7) is 0. The molecule has 3 heteroatoms. The second-order valence-electron chi connectivity index (χ2n) is 12.6. The molecule has 0 aliphatic carbocycles. The zero-order valence-electron chi connectivity index (χ0n) is 26.6. The number of fused-ring (bicyclic) bond motifs is 9. The normalized spacial score (nSPS) is 11.7. The summed E-state index contributed by atoms with van der Waals surface area (Å²) in [7, 11) is 0. The highest BCUT2D eigenvalue weighted by atomic mass is 15.1. The number of nitrogens with zero attached hydrogens (tertiary/aromatic N) is 3. The van der Waals surface area contributed by atoms with E-state index in [-0.39, 0.29) is 0 Å². The SMILES string of the molecule is c1ccc(-c2nc(-c3cccc(-c4ccc5c6ccccc6c6ccccc6c5c4)c3)nc3c2c2ccccc2n3-c2ccccc2)cc1. The molecule has 0 atom stereocenters. The molecule has 228 valence electrons. The van der Waals surface area contributed by atoms with E-state index in [1.807, 2.05) is 0 Å². The summed E-state index contributed by atoms with van der Waals surface area (Å²) in [5, 5.41) is 9.83. The van der Waals surface area contributed by atoms with Crippen molar-refractivity contribution in [2.45, 2.75) is 0 Å². The van der Waals surface area contributed by atoms with Crippen LogP contribution in [0.1, 0.15) is 0 Å². The van der Waals surface area contributed by atoms with Gasteiger partial charge in [0.2, 0.25) is 0 Å². The van der Waals surface area contributed by atoms with E-state index in [2.05, 4.69) is 180 Å². The molecule has 0 fully saturated rings. The van der Waals surface area contributed by atoms with Crippen molar-refractivity contribution in [1.29, 1.82) is 0 Å². The third-order valence-electron chi connectivity index (χ3n) is 9.78. The summed E-state index contributed by atoms with van der Waals surface area (Å²) in [4.78, 5) is 10.7. The van der Waals surface area contributed by atoms with Gasteiger partial charge in [-0.3, -0.25) is 4.57 Å². The van der Waals surface area contributed by atoms with Crippen LogP contribution >= 0.6 is 0 Å². The zero-order valence-corrected chi connectivity index (χ0v) is 26.6. The van der Waals surface area contributed by atoms with Crippen LogP contribution in [0.4, 0.5) is 0 Å². The number of aromatic nitrogens is 3. The van der Waals surface area contributed by atoms with Crippen molar-refractivity contribution >= 4 is 54.3 Å². The van der Waals surface area contributed by atoms with E-state index in [0.717, 1.165) is 55.6 Å². The van der Waals surface area contributed by atoms with E-state index < -0.39 is 0 Å². The van der Waals surface area contributed by atoms with E-state index >= 15 is 0 Å². The van der Waals surface area contributed by atoms with Gasteiger partial charge in [0.1, 0.15) is 5.65 Å². The van der Waals surface area contributed by atoms with Crippen molar-refractivity contribution in [3.05, 3.63) is 176 Å². The second kappa shape index (κ2) is 11.0. The van der Waals surface area contributed by atoms with E-state index in [0.29, 0.717) is 5.82 Å². The number of para-hydroxylation sites is 2. The summed E-state index contributed by atoms with van der Waals surface area (Å²) < 4.78 is 2.27. The molecule has 0 aliphatic rings. The average Bonchev–Trinajstić information content (AvgIpc) is 3.52. The number of hydrogen-bond donors (Lipinski definition) is 0. The lowest BCUT2D eigenvalue weighted by Gasteiger charge is -2.13. The standard InChI is InChI=1S/C46H29N3/c1-3-14-30(15-4-1)44-43-40-24-11-12-25-42(40)49(34-18-5-2-6-19-34)46(43)48-45(47-44)33-17-13-16-31(28-33)32-26-27-39-37-22-8-7-20-35(37)36-21-9-10-23-38(36)41(39)29-32/h1-29H. The number of rotatable bonds is 4. The summed E-state index contributed by atoms with van der Waals surface area (Å²) >= 11 is 0. The second-order valence-corrected chi connectivity index (χ2v) is 12.6. The van der Waals surface area contributed by atoms with Crippen LogP contribution in [0.15, 0.2) is 176 Å². The van der Waals surface area contributed by atoms with Crippen molar-refractivity contribution in [2.24, 2.45) is 0 Å². The quantitative estimate of drug-likeness (QED) is 0.183. The fourth-order valence-electron chi connectivity index (χ4n) is 7.55. The highest BCUT2D eigenvalue weighted by Crippen LogP contribution is 2.40. The maximum Gasteiger partial charge on any atom is 0.162 e. The molecule has 0 unspecified atom stereocenters. The van der Waals surface area contributed by atoms with Crippen molar-refractivity contribution in [1.82, 2.24) is 14.5 Å². The van der Waals surface area contributed by atoms with E-state index in [9.17, 15) is 0 Å². The lowest BCUT2D eigenvalue weighted by atomic mass is 9.92. The van der Waals surface area contributed by atoms with Crippen molar-refractivity contribution in [3.63, 3.8) is 0 Å². The van der Waals surface area contributed by atoms with Gasteiger partial charge in [-0.05, 0) is 73.8 Å². The molecule has 0 spiro atoms. The maximum atomic E-state index is 5.36. The Morgan fingerprint density at radius 1 is 0.347 bits per heavy atom. The van der Waals surface area contributed by atoms with Gasteiger partial charge >= 0.3 is 0 Å². The molecule has 0 aliphatic heterocycles. The third kappa shape index (κ3) is 4.37. The summed E-state index contributed by atoms with van der Waals surface area (Å²) in [6.07, 6.45) is 0. The lowest BCUT2D eigenvalue weighted by molar-refractivity contribution is 1.11. The molecule has 10 aromatic rings. The fraction of sp³-hybridized carbons (Fsp3) is 0. The molecular formula is C46H29N3. The first-order chi connectivity index (χ1) is 24.3. The molecule has 0 saturated carbocycles. The first-order valence-electron chi connectivity index (χ1n) is 16.7. The van der Waals surface area contributed by atoms with Gasteiger partial charge < -0.3 is 0 Å². The Morgan fingerprint density at radius 2 is 0.878 bits per heavy atom. The first kappa shape index (κ1) is 27.5. The Kier molecular flexibility index (Phi) is 6.18. The predicted molar refractivity (Wildman–Crippen MR) is 205 cm³/mol. The molecular weight excluding hydrogens is 595 g/mol. The molecule has 0 radical (unpaired) electrons. The molecule has 3 nitrogen and oxygen atoms in total. The fourth-order valence-corrected chi connectivity index (χ4v) is 7.55. The molecule has 2 aromatic heterocycles. The third-order valence-corrected chi connectivity index (χ3v) is 9.78. The minimum Gasteiger partial charge on any atom is -0.294 e. The van der Waals surface area contributed by atoms with Crippen LogP contribution in [0.2, 0.25) is 0 Å². The highest BCUT2D eigenvalue weighted by molar-refractivity contribution is 6.25. The summed E-state index contributed by atoms with van der Waals surface area (Å²) in [6, 6.07) is 62.5. The van der Waals surface area contributed by atoms with Gasteiger partial charge in [-0.25, -0.2) is 9.97 Å². The van der Waals surface area contributed by atoms with Gasteiger partial charge in [0.15, 0.2) is 5.82 Å². The Hall–Kier alpha value is -6.58. The molecule has 0 amide bonds. The van der Waals surface area contributed by atoms with Crippen molar-refractivity contribution in [2.75, 3.05) is 0 Å². The van der Waals surface area contributed by atoms with Gasteiger partial charge in [0, 0.05) is 22.2 Å². The smallest absolute Gasteiger partial charge is 0.162 e. The van der Waals surface area contributed by atoms with E-state index in [4.69, 9.17) is 9.97 Å². The average molecular weight is 624 g/mol. The van der Waals surface area contributed by atoms with Gasteiger partial charge in [-0.15, -0.1) is 0 Å². The number of benzene rings is 8. The summed E-state index contributed by atoms with van der Waals surface area (Å²) in [5.74, 6) is 0.699. The van der Waals surface area contributed by atoms with Crippen LogP contribution in [0, 0.1) is 0 Å². The van der Waals surface area contributed by atoms with Crippen LogP contribution in [0.25, 0.3) is 93.7 Å². The Balaban J connectivity index is 1.21.